The summed E-state index contributed by atoms with van der Waals surface area (Å²) in [5, 5.41) is 5.43. The van der Waals surface area contributed by atoms with Crippen LogP contribution in [-0.2, 0) is 10.0 Å². The number of hydrogen-bond acceptors (Lipinski definition) is 3. The van der Waals surface area contributed by atoms with Gasteiger partial charge in [0.2, 0.25) is 10.0 Å². The van der Waals surface area contributed by atoms with Gasteiger partial charge in [-0.1, -0.05) is 0 Å². The van der Waals surface area contributed by atoms with Gasteiger partial charge >= 0.3 is 6.03 Å². The van der Waals surface area contributed by atoms with Gasteiger partial charge in [0.1, 0.15) is 0 Å². The first kappa shape index (κ1) is 14.2. The summed E-state index contributed by atoms with van der Waals surface area (Å²) < 4.78 is 24.2. The first-order chi connectivity index (χ1) is 7.80. The number of carbonyl (C=O) groups excluding carboxylic acids is 1. The van der Waals surface area contributed by atoms with Crippen molar-refractivity contribution < 1.29 is 13.2 Å². The molecule has 0 atom stereocenters. The molecule has 1 rings (SSSR count). The molecule has 0 saturated heterocycles. The highest BCUT2D eigenvalue weighted by Crippen LogP contribution is 2.18. The highest BCUT2D eigenvalue weighted by atomic mass is 32.2. The second-order valence-electron chi connectivity index (χ2n) is 4.64. The lowest BCUT2D eigenvalue weighted by Crippen LogP contribution is -2.44. The fourth-order valence-corrected chi connectivity index (χ4v) is 2.74. The summed E-state index contributed by atoms with van der Waals surface area (Å²) in [6.07, 6.45) is 3.25. The Balaban J connectivity index is 2.29. The van der Waals surface area contributed by atoms with E-state index in [4.69, 9.17) is 0 Å². The zero-order chi connectivity index (χ0) is 13.1. The van der Waals surface area contributed by atoms with Crippen molar-refractivity contribution >= 4 is 16.1 Å². The highest BCUT2D eigenvalue weighted by molar-refractivity contribution is 7.88. The number of carbonyl (C=O) groups is 1. The third-order valence-corrected chi connectivity index (χ3v) is 3.99. The van der Waals surface area contributed by atoms with E-state index < -0.39 is 10.0 Å². The van der Waals surface area contributed by atoms with Crippen molar-refractivity contribution in [2.24, 2.45) is 0 Å². The minimum absolute atomic E-state index is 0.0988. The first-order valence-corrected chi connectivity index (χ1v) is 7.66. The maximum absolute atomic E-state index is 11.4. The van der Waals surface area contributed by atoms with E-state index in [1.165, 1.54) is 10.6 Å². The molecule has 0 aromatic rings. The minimum Gasteiger partial charge on any atom is -0.337 e. The summed E-state index contributed by atoms with van der Waals surface area (Å²) >= 11 is 0. The van der Waals surface area contributed by atoms with Gasteiger partial charge in [-0.3, -0.25) is 0 Å². The molecule has 100 valence electrons. The molecule has 0 unspecified atom stereocenters. The average molecular weight is 263 g/mol. The predicted molar refractivity (Wildman–Crippen MR) is 66.2 cm³/mol. The SMILES string of the molecule is CC(C)N(CCNC(=O)NC1CC1)S(C)(=O)=O. The van der Waals surface area contributed by atoms with Crippen LogP contribution in [0.4, 0.5) is 4.79 Å². The van der Waals surface area contributed by atoms with Crippen molar-refractivity contribution in [1.82, 2.24) is 14.9 Å². The van der Waals surface area contributed by atoms with Crippen molar-refractivity contribution in [3.8, 4) is 0 Å². The molecule has 1 fully saturated rings. The second kappa shape index (κ2) is 5.68. The quantitative estimate of drug-likeness (QED) is 0.714. The molecule has 6 nitrogen and oxygen atoms in total. The Bertz CT molecular complexity index is 363. The van der Waals surface area contributed by atoms with Gasteiger partial charge in [-0.15, -0.1) is 0 Å². The Labute approximate surface area is 103 Å². The summed E-state index contributed by atoms with van der Waals surface area (Å²) in [5.74, 6) is 0. The van der Waals surface area contributed by atoms with Crippen molar-refractivity contribution in [3.63, 3.8) is 0 Å². The minimum atomic E-state index is -3.21. The molecule has 0 aliphatic heterocycles. The van der Waals surface area contributed by atoms with Gasteiger partial charge in [0.15, 0.2) is 0 Å². The Morgan fingerprint density at radius 1 is 1.41 bits per heavy atom. The molecule has 7 heteroatoms. The van der Waals surface area contributed by atoms with E-state index in [1.807, 2.05) is 13.8 Å². The molecule has 0 heterocycles. The zero-order valence-electron chi connectivity index (χ0n) is 10.6. The van der Waals surface area contributed by atoms with Gasteiger partial charge in [0, 0.05) is 25.2 Å². The van der Waals surface area contributed by atoms with Crippen molar-refractivity contribution in [3.05, 3.63) is 0 Å². The van der Waals surface area contributed by atoms with Crippen molar-refractivity contribution in [1.29, 1.82) is 0 Å². The van der Waals surface area contributed by atoms with Crippen molar-refractivity contribution in [2.75, 3.05) is 19.3 Å². The van der Waals surface area contributed by atoms with Crippen LogP contribution in [0.15, 0.2) is 0 Å². The Kier molecular flexibility index (Phi) is 4.76. The molecular weight excluding hydrogens is 242 g/mol. The van der Waals surface area contributed by atoms with Crippen LogP contribution in [0.2, 0.25) is 0 Å². The van der Waals surface area contributed by atoms with Gasteiger partial charge in [-0.05, 0) is 26.7 Å². The molecule has 0 aromatic heterocycles. The Morgan fingerprint density at radius 2 is 2.00 bits per heavy atom. The van der Waals surface area contributed by atoms with E-state index >= 15 is 0 Å². The molecule has 1 aliphatic rings. The van der Waals surface area contributed by atoms with E-state index in [1.54, 1.807) is 0 Å². The van der Waals surface area contributed by atoms with E-state index in [0.29, 0.717) is 19.1 Å². The van der Waals surface area contributed by atoms with Gasteiger partial charge in [-0.2, -0.15) is 4.31 Å². The first-order valence-electron chi connectivity index (χ1n) is 5.82. The van der Waals surface area contributed by atoms with E-state index in [0.717, 1.165) is 12.8 Å². The topological polar surface area (TPSA) is 78.5 Å². The summed E-state index contributed by atoms with van der Waals surface area (Å²) in [4.78, 5) is 11.3. The fraction of sp³-hybridized carbons (Fsp3) is 0.900. The largest absolute Gasteiger partial charge is 0.337 e. The lowest BCUT2D eigenvalue weighted by atomic mass is 10.4. The van der Waals surface area contributed by atoms with E-state index in [9.17, 15) is 13.2 Å². The molecule has 0 aromatic carbocycles. The molecule has 1 saturated carbocycles. The van der Waals surface area contributed by atoms with Crippen LogP contribution >= 0.6 is 0 Å². The fourth-order valence-electron chi connectivity index (χ4n) is 1.55. The smallest absolute Gasteiger partial charge is 0.315 e. The van der Waals surface area contributed by atoms with Crippen LogP contribution in [0, 0.1) is 0 Å². The van der Waals surface area contributed by atoms with Crippen molar-refractivity contribution in [2.45, 2.75) is 38.8 Å². The molecule has 1 aliphatic carbocycles. The third kappa shape index (κ3) is 5.36. The molecule has 2 N–H and O–H groups in total. The molecule has 2 amide bonds. The Hall–Kier alpha value is -0.820. The zero-order valence-corrected chi connectivity index (χ0v) is 11.4. The van der Waals surface area contributed by atoms with E-state index in [-0.39, 0.29) is 12.1 Å². The average Bonchev–Trinajstić information content (AvgIpc) is 2.93. The normalized spacial score (nSPS) is 16.3. The monoisotopic (exact) mass is 263 g/mol. The van der Waals surface area contributed by atoms with Crippen LogP contribution < -0.4 is 10.6 Å². The lowest BCUT2D eigenvalue weighted by Gasteiger charge is -2.23. The van der Waals surface area contributed by atoms with Crippen LogP contribution in [0.25, 0.3) is 0 Å². The maximum atomic E-state index is 11.4. The number of nitrogens with one attached hydrogen (secondary N) is 2. The van der Waals surface area contributed by atoms with Gasteiger partial charge in [-0.25, -0.2) is 13.2 Å². The summed E-state index contributed by atoms with van der Waals surface area (Å²) in [7, 11) is -3.21. The number of rotatable bonds is 6. The van der Waals surface area contributed by atoms with Gasteiger partial charge < -0.3 is 10.6 Å². The lowest BCUT2D eigenvalue weighted by molar-refractivity contribution is 0.238. The predicted octanol–water partition coefficient (Wildman–Crippen LogP) is 0.118. The summed E-state index contributed by atoms with van der Waals surface area (Å²) in [6, 6.07) is -0.00545. The molecule has 0 spiro atoms. The number of hydrogen-bond donors (Lipinski definition) is 2. The van der Waals surface area contributed by atoms with Gasteiger partial charge in [0.05, 0.1) is 6.26 Å². The number of urea groups is 1. The number of sulfonamides is 1. The van der Waals surface area contributed by atoms with E-state index in [2.05, 4.69) is 10.6 Å². The van der Waals surface area contributed by atoms with Crippen LogP contribution in [0.3, 0.4) is 0 Å². The Morgan fingerprint density at radius 3 is 2.41 bits per heavy atom. The number of amides is 2. The van der Waals surface area contributed by atoms with Crippen LogP contribution in [0.5, 0.6) is 0 Å². The summed E-state index contributed by atoms with van der Waals surface area (Å²) in [6.45, 7) is 4.25. The molecular formula is C10H21N3O3S. The van der Waals surface area contributed by atoms with Crippen LogP contribution in [-0.4, -0.2) is 50.2 Å². The molecule has 0 radical (unpaired) electrons. The van der Waals surface area contributed by atoms with Gasteiger partial charge in [0.25, 0.3) is 0 Å². The summed E-state index contributed by atoms with van der Waals surface area (Å²) in [5.41, 5.74) is 0. The third-order valence-electron chi connectivity index (χ3n) is 2.53. The second-order valence-corrected chi connectivity index (χ2v) is 6.58. The maximum Gasteiger partial charge on any atom is 0.315 e. The van der Waals surface area contributed by atoms with Crippen LogP contribution in [0.1, 0.15) is 26.7 Å². The molecule has 0 bridgehead atoms. The highest BCUT2D eigenvalue weighted by Gasteiger charge is 2.23. The molecule has 17 heavy (non-hydrogen) atoms. The standard InChI is InChI=1S/C10H21N3O3S/c1-8(2)13(17(3,15)16)7-6-11-10(14)12-9-4-5-9/h8-9H,4-7H2,1-3H3,(H2,11,12,14). The number of nitrogens with zero attached hydrogens (tertiary/aromatic N) is 1.